The molecule has 0 saturated heterocycles. The van der Waals surface area contributed by atoms with E-state index in [-0.39, 0.29) is 5.78 Å². The van der Waals surface area contributed by atoms with Crippen LogP contribution in [0.2, 0.25) is 5.02 Å². The zero-order chi connectivity index (χ0) is 16.5. The summed E-state index contributed by atoms with van der Waals surface area (Å²) < 4.78 is 1.86. The van der Waals surface area contributed by atoms with Crippen molar-refractivity contribution >= 4 is 23.5 Å². The minimum absolute atomic E-state index is 0.0401. The van der Waals surface area contributed by atoms with Crippen LogP contribution < -0.4 is 0 Å². The van der Waals surface area contributed by atoms with E-state index in [1.54, 1.807) is 6.20 Å². The van der Waals surface area contributed by atoms with Gasteiger partial charge in [-0.1, -0.05) is 48.0 Å². The van der Waals surface area contributed by atoms with Crippen molar-refractivity contribution in [1.82, 2.24) is 9.78 Å². The van der Waals surface area contributed by atoms with Gasteiger partial charge in [0.25, 0.3) is 0 Å². The number of hydrogen-bond acceptors (Lipinski definition) is 2. The van der Waals surface area contributed by atoms with Gasteiger partial charge in [-0.3, -0.25) is 4.79 Å². The minimum atomic E-state index is 0.0401. The van der Waals surface area contributed by atoms with E-state index in [0.717, 1.165) is 28.9 Å². The van der Waals surface area contributed by atoms with E-state index in [2.05, 4.69) is 5.10 Å². The number of para-hydroxylation sites is 1. The van der Waals surface area contributed by atoms with Crippen molar-refractivity contribution in [1.29, 1.82) is 0 Å². The van der Waals surface area contributed by atoms with Crippen LogP contribution in [-0.4, -0.2) is 15.6 Å². The van der Waals surface area contributed by atoms with E-state index in [1.165, 1.54) is 0 Å². The Kier molecular flexibility index (Phi) is 3.79. The van der Waals surface area contributed by atoms with Gasteiger partial charge >= 0.3 is 0 Å². The Hall–Kier alpha value is -2.65. The molecule has 0 radical (unpaired) electrons. The number of rotatable bonds is 2. The summed E-state index contributed by atoms with van der Waals surface area (Å²) in [6.45, 7) is 0. The predicted molar refractivity (Wildman–Crippen MR) is 95.6 cm³/mol. The number of hydrogen-bond donors (Lipinski definition) is 0. The molecule has 4 rings (SSSR count). The molecule has 3 nitrogen and oxygen atoms in total. The molecular formula is C20H15ClN2O. The summed E-state index contributed by atoms with van der Waals surface area (Å²) in [6.07, 6.45) is 5.04. The zero-order valence-corrected chi connectivity index (χ0v) is 13.7. The zero-order valence-electron chi connectivity index (χ0n) is 12.9. The first-order valence-electron chi connectivity index (χ1n) is 7.86. The molecule has 0 saturated carbocycles. The third-order valence-electron chi connectivity index (χ3n) is 4.27. The lowest BCUT2D eigenvalue weighted by Crippen LogP contribution is -2.15. The Labute approximate surface area is 145 Å². The number of halogens is 1. The number of nitrogens with zero attached hydrogens (tertiary/aromatic N) is 2. The maximum absolute atomic E-state index is 12.8. The van der Waals surface area contributed by atoms with Crippen LogP contribution in [-0.2, 0) is 6.42 Å². The predicted octanol–water partition coefficient (Wildman–Crippen LogP) is 4.74. The van der Waals surface area contributed by atoms with Gasteiger partial charge in [0.15, 0.2) is 5.78 Å². The smallest absolute Gasteiger partial charge is 0.192 e. The Morgan fingerprint density at radius 2 is 1.75 bits per heavy atom. The van der Waals surface area contributed by atoms with Crippen molar-refractivity contribution in [2.45, 2.75) is 12.8 Å². The quantitative estimate of drug-likeness (QED) is 0.634. The molecule has 2 aromatic carbocycles. The Morgan fingerprint density at radius 1 is 1.00 bits per heavy atom. The van der Waals surface area contributed by atoms with Crippen molar-refractivity contribution in [3.05, 3.63) is 88.2 Å². The van der Waals surface area contributed by atoms with Crippen LogP contribution in [0.1, 0.15) is 28.0 Å². The van der Waals surface area contributed by atoms with Crippen LogP contribution >= 0.6 is 11.6 Å². The van der Waals surface area contributed by atoms with Gasteiger partial charge in [-0.25, -0.2) is 4.68 Å². The van der Waals surface area contributed by atoms with Gasteiger partial charge < -0.3 is 0 Å². The average molecular weight is 335 g/mol. The second kappa shape index (κ2) is 6.10. The van der Waals surface area contributed by atoms with Crippen molar-refractivity contribution in [2.75, 3.05) is 0 Å². The lowest BCUT2D eigenvalue weighted by molar-refractivity contribution is 0.102. The first-order chi connectivity index (χ1) is 11.7. The summed E-state index contributed by atoms with van der Waals surface area (Å²) >= 11 is 6.20. The standard InChI is InChI=1S/C20H15ClN2O/c21-18-9-5-4-6-14(18)12-15-10-11-19-17(20(15)24)13-22-23(19)16-7-2-1-3-8-16/h1-9,12-13H,10-11H2. The molecule has 1 aliphatic rings. The lowest BCUT2D eigenvalue weighted by atomic mass is 9.90. The number of ketones is 1. The van der Waals surface area contributed by atoms with E-state index in [4.69, 9.17) is 11.6 Å². The number of allylic oxidation sites excluding steroid dienone is 1. The van der Waals surface area contributed by atoms with Crippen molar-refractivity contribution < 1.29 is 4.79 Å². The highest BCUT2D eigenvalue weighted by molar-refractivity contribution is 6.32. The van der Waals surface area contributed by atoms with Crippen molar-refractivity contribution in [3.8, 4) is 5.69 Å². The van der Waals surface area contributed by atoms with Gasteiger partial charge in [-0.15, -0.1) is 0 Å². The maximum Gasteiger partial charge on any atom is 0.192 e. The number of benzene rings is 2. The number of fused-ring (bicyclic) bond motifs is 1. The summed E-state index contributed by atoms with van der Waals surface area (Å²) in [5, 5.41) is 5.08. The summed E-state index contributed by atoms with van der Waals surface area (Å²) in [6, 6.07) is 17.5. The number of Topliss-reactive ketones (excluding diaryl/α,β-unsaturated/α-hetero) is 1. The second-order valence-electron chi connectivity index (χ2n) is 5.77. The van der Waals surface area contributed by atoms with E-state index >= 15 is 0 Å². The van der Waals surface area contributed by atoms with Gasteiger partial charge in [-0.2, -0.15) is 5.10 Å². The van der Waals surface area contributed by atoms with Gasteiger partial charge in [0.1, 0.15) is 0 Å². The molecule has 118 valence electrons. The highest BCUT2D eigenvalue weighted by Crippen LogP contribution is 2.29. The highest BCUT2D eigenvalue weighted by atomic mass is 35.5. The molecule has 1 heterocycles. The summed E-state index contributed by atoms with van der Waals surface area (Å²) in [5.74, 6) is 0.0401. The minimum Gasteiger partial charge on any atom is -0.289 e. The topological polar surface area (TPSA) is 34.9 Å². The van der Waals surface area contributed by atoms with Gasteiger partial charge in [0.05, 0.1) is 23.1 Å². The fourth-order valence-electron chi connectivity index (χ4n) is 3.05. The van der Waals surface area contributed by atoms with E-state index in [0.29, 0.717) is 17.0 Å². The number of aromatic nitrogens is 2. The highest BCUT2D eigenvalue weighted by Gasteiger charge is 2.26. The second-order valence-corrected chi connectivity index (χ2v) is 6.18. The summed E-state index contributed by atoms with van der Waals surface area (Å²) in [4.78, 5) is 12.8. The fourth-order valence-corrected chi connectivity index (χ4v) is 3.24. The van der Waals surface area contributed by atoms with E-state index < -0.39 is 0 Å². The number of carbonyl (C=O) groups is 1. The van der Waals surface area contributed by atoms with Crippen molar-refractivity contribution in [2.24, 2.45) is 0 Å². The average Bonchev–Trinajstić information content (AvgIpc) is 3.05. The molecule has 3 aromatic rings. The Bertz CT molecular complexity index is 941. The molecule has 0 aliphatic heterocycles. The van der Waals surface area contributed by atoms with Gasteiger partial charge in [-0.05, 0) is 42.7 Å². The molecule has 4 heteroatoms. The largest absolute Gasteiger partial charge is 0.289 e. The van der Waals surface area contributed by atoms with E-state index in [1.807, 2.05) is 65.4 Å². The molecule has 0 amide bonds. The summed E-state index contributed by atoms with van der Waals surface area (Å²) in [5.41, 5.74) is 4.29. The summed E-state index contributed by atoms with van der Waals surface area (Å²) in [7, 11) is 0. The molecular weight excluding hydrogens is 320 g/mol. The fraction of sp³-hybridized carbons (Fsp3) is 0.100. The van der Waals surface area contributed by atoms with Crippen molar-refractivity contribution in [3.63, 3.8) is 0 Å². The van der Waals surface area contributed by atoms with Gasteiger partial charge in [0.2, 0.25) is 0 Å². The first-order valence-corrected chi connectivity index (χ1v) is 8.24. The molecule has 0 spiro atoms. The van der Waals surface area contributed by atoms with Crippen LogP contribution in [0.25, 0.3) is 11.8 Å². The van der Waals surface area contributed by atoms with Crippen LogP contribution in [0, 0.1) is 0 Å². The number of carbonyl (C=O) groups excluding carboxylic acids is 1. The monoisotopic (exact) mass is 334 g/mol. The first kappa shape index (κ1) is 14.9. The normalized spacial score (nSPS) is 15.5. The van der Waals surface area contributed by atoms with Crippen LogP contribution in [0.15, 0.2) is 66.4 Å². The van der Waals surface area contributed by atoms with Crippen LogP contribution in [0.4, 0.5) is 0 Å². The third-order valence-corrected chi connectivity index (χ3v) is 4.62. The molecule has 1 aromatic heterocycles. The Morgan fingerprint density at radius 3 is 2.54 bits per heavy atom. The van der Waals surface area contributed by atoms with Gasteiger partial charge in [0, 0.05) is 10.6 Å². The third kappa shape index (κ3) is 2.57. The molecule has 0 fully saturated rings. The Balaban J connectivity index is 1.72. The molecule has 24 heavy (non-hydrogen) atoms. The molecule has 1 aliphatic carbocycles. The SMILES string of the molecule is O=C1C(=Cc2ccccc2Cl)CCc2c1cnn2-c1ccccc1. The molecule has 0 N–H and O–H groups in total. The van der Waals surface area contributed by atoms with Crippen LogP contribution in [0.5, 0.6) is 0 Å². The lowest BCUT2D eigenvalue weighted by Gasteiger charge is -2.16. The molecule has 0 bridgehead atoms. The molecule has 0 unspecified atom stereocenters. The van der Waals surface area contributed by atoms with Crippen LogP contribution in [0.3, 0.4) is 0 Å². The maximum atomic E-state index is 12.8. The molecule has 0 atom stereocenters. The van der Waals surface area contributed by atoms with E-state index in [9.17, 15) is 4.79 Å².